The Bertz CT molecular complexity index is 1590. The number of hydrogen-bond acceptors (Lipinski definition) is 4. The molecular formula is C35H39ClN4O. The molecule has 2 aromatic carbocycles. The number of piperazine rings is 1. The number of anilines is 1. The van der Waals surface area contributed by atoms with Crippen LogP contribution in [0.5, 0.6) is 11.5 Å². The van der Waals surface area contributed by atoms with Crippen molar-refractivity contribution < 1.29 is 4.74 Å². The molecule has 4 aromatic rings. The molecule has 1 atom stereocenters. The summed E-state index contributed by atoms with van der Waals surface area (Å²) in [7, 11) is 0. The number of halogens is 1. The Hall–Kier alpha value is -3.54. The van der Waals surface area contributed by atoms with Gasteiger partial charge in [-0.25, -0.2) is 4.98 Å². The lowest BCUT2D eigenvalue weighted by molar-refractivity contribution is 0.200. The molecule has 212 valence electrons. The van der Waals surface area contributed by atoms with Crippen molar-refractivity contribution in [2.45, 2.75) is 46.1 Å². The number of fused-ring (bicyclic) bond motifs is 1. The van der Waals surface area contributed by atoms with Crippen LogP contribution in [-0.4, -0.2) is 47.1 Å². The molecule has 0 bridgehead atoms. The lowest BCUT2D eigenvalue weighted by atomic mass is 9.72. The van der Waals surface area contributed by atoms with Crippen LogP contribution >= 0.6 is 11.6 Å². The fourth-order valence-corrected chi connectivity index (χ4v) is 6.38. The molecule has 6 rings (SSSR count). The second-order valence-electron chi connectivity index (χ2n) is 12.3. The quantitative estimate of drug-likeness (QED) is 0.243. The van der Waals surface area contributed by atoms with E-state index in [0.29, 0.717) is 11.5 Å². The number of rotatable bonds is 7. The number of aromatic amines is 1. The number of ether oxygens (including phenoxy) is 1. The normalized spacial score (nSPS) is 19.5. The van der Waals surface area contributed by atoms with Crippen LogP contribution in [0, 0.1) is 5.41 Å². The molecule has 2 aliphatic rings. The molecule has 0 saturated carbocycles. The van der Waals surface area contributed by atoms with Crippen LogP contribution in [0.4, 0.5) is 5.69 Å². The highest BCUT2D eigenvalue weighted by atomic mass is 35.5. The first-order valence-corrected chi connectivity index (χ1v) is 15.0. The largest absolute Gasteiger partial charge is 0.455 e. The average molecular weight is 567 g/mol. The minimum atomic E-state index is 0.323. The summed E-state index contributed by atoms with van der Waals surface area (Å²) in [6.45, 7) is 15.1. The fourth-order valence-electron chi connectivity index (χ4n) is 6.25. The highest BCUT2D eigenvalue weighted by Crippen LogP contribution is 2.43. The Morgan fingerprint density at radius 2 is 1.95 bits per heavy atom. The van der Waals surface area contributed by atoms with Crippen LogP contribution in [0.3, 0.4) is 0 Å². The Balaban J connectivity index is 1.18. The average Bonchev–Trinajstić information content (AvgIpc) is 3.43. The molecule has 1 aliphatic heterocycles. The monoisotopic (exact) mass is 566 g/mol. The highest BCUT2D eigenvalue weighted by Gasteiger charge is 2.31. The van der Waals surface area contributed by atoms with Gasteiger partial charge in [-0.3, -0.25) is 4.90 Å². The lowest BCUT2D eigenvalue weighted by Crippen LogP contribution is -2.52. The molecule has 0 amide bonds. The van der Waals surface area contributed by atoms with E-state index in [-0.39, 0.29) is 0 Å². The molecule has 41 heavy (non-hydrogen) atoms. The zero-order chi connectivity index (χ0) is 28.6. The summed E-state index contributed by atoms with van der Waals surface area (Å²) in [5, 5.41) is 1.82. The molecule has 5 nitrogen and oxygen atoms in total. The number of nitrogens with one attached hydrogen (secondary N) is 1. The molecule has 1 N–H and O–H groups in total. The Kier molecular flexibility index (Phi) is 7.67. The Morgan fingerprint density at radius 3 is 2.73 bits per heavy atom. The first-order valence-electron chi connectivity index (χ1n) is 14.6. The maximum Gasteiger partial charge on any atom is 0.146 e. The zero-order valence-electron chi connectivity index (χ0n) is 24.3. The van der Waals surface area contributed by atoms with Crippen molar-refractivity contribution in [3.8, 4) is 11.5 Å². The van der Waals surface area contributed by atoms with Crippen LogP contribution in [0.15, 0.2) is 79.1 Å². The SMILES string of the molecule is C=Cc1ccc(N2CCN(CC3=C(c4ccc(Cl)cc4)CC(C)(C)CC3)[C@@H](C)C2)cc1Oc1cnc2[nH]ccc2c1. The van der Waals surface area contributed by atoms with E-state index in [1.165, 1.54) is 23.2 Å². The molecule has 6 heteroatoms. The van der Waals surface area contributed by atoms with Crippen molar-refractivity contribution >= 4 is 40.0 Å². The van der Waals surface area contributed by atoms with Crippen LogP contribution in [0.1, 0.15) is 51.2 Å². The van der Waals surface area contributed by atoms with Gasteiger partial charge in [0.05, 0.1) is 6.20 Å². The maximum atomic E-state index is 6.34. The van der Waals surface area contributed by atoms with Crippen LogP contribution < -0.4 is 9.64 Å². The van der Waals surface area contributed by atoms with E-state index in [1.807, 2.05) is 36.5 Å². The van der Waals surface area contributed by atoms with Gasteiger partial charge < -0.3 is 14.6 Å². The number of benzene rings is 2. The van der Waals surface area contributed by atoms with E-state index in [2.05, 4.69) is 77.4 Å². The van der Waals surface area contributed by atoms with E-state index in [4.69, 9.17) is 16.3 Å². The minimum Gasteiger partial charge on any atom is -0.455 e. The summed E-state index contributed by atoms with van der Waals surface area (Å²) in [6.07, 6.45) is 9.01. The van der Waals surface area contributed by atoms with Gasteiger partial charge in [0.2, 0.25) is 0 Å². The molecule has 0 spiro atoms. The third-order valence-electron chi connectivity index (χ3n) is 8.72. The molecule has 1 saturated heterocycles. The lowest BCUT2D eigenvalue weighted by Gasteiger charge is -2.43. The maximum absolute atomic E-state index is 6.34. The van der Waals surface area contributed by atoms with Gasteiger partial charge >= 0.3 is 0 Å². The van der Waals surface area contributed by atoms with Crippen molar-refractivity contribution in [1.82, 2.24) is 14.9 Å². The summed E-state index contributed by atoms with van der Waals surface area (Å²) < 4.78 is 6.34. The predicted octanol–water partition coefficient (Wildman–Crippen LogP) is 8.83. The standard InChI is InChI=1S/C35H39ClN4O/c1-5-25-8-11-30(19-33(25)41-31-18-27-13-15-37-34(27)38-21-31)40-17-16-39(24(2)22-40)23-28-12-14-35(3,4)20-32(28)26-6-9-29(36)10-7-26/h5-11,13,15,18-19,21,24H,1,12,14,16-17,20,22-23H2,2-4H3,(H,37,38)/t24-/m0/s1. The van der Waals surface area contributed by atoms with Gasteiger partial charge in [-0.15, -0.1) is 0 Å². The van der Waals surface area contributed by atoms with Crippen molar-refractivity contribution in [2.75, 3.05) is 31.1 Å². The summed E-state index contributed by atoms with van der Waals surface area (Å²) in [5.74, 6) is 1.52. The molecule has 0 unspecified atom stereocenters. The molecule has 3 heterocycles. The highest BCUT2D eigenvalue weighted by molar-refractivity contribution is 6.30. The molecule has 1 fully saturated rings. The van der Waals surface area contributed by atoms with Crippen molar-refractivity contribution in [1.29, 1.82) is 0 Å². The number of aromatic nitrogens is 2. The van der Waals surface area contributed by atoms with E-state index < -0.39 is 0 Å². The van der Waals surface area contributed by atoms with E-state index in [1.54, 1.807) is 11.8 Å². The number of allylic oxidation sites excluding steroid dienone is 1. The van der Waals surface area contributed by atoms with Gasteiger partial charge in [0, 0.05) is 66.1 Å². The summed E-state index contributed by atoms with van der Waals surface area (Å²) in [4.78, 5) is 12.7. The van der Waals surface area contributed by atoms with Crippen molar-refractivity contribution in [3.63, 3.8) is 0 Å². The Labute approximate surface area is 248 Å². The van der Waals surface area contributed by atoms with Gasteiger partial charge in [0.25, 0.3) is 0 Å². The number of H-pyrrole nitrogens is 1. The van der Waals surface area contributed by atoms with Crippen molar-refractivity contribution in [2.24, 2.45) is 5.41 Å². The summed E-state index contributed by atoms with van der Waals surface area (Å²) in [6, 6.07) is 19.3. The van der Waals surface area contributed by atoms with Gasteiger partial charge in [-0.2, -0.15) is 0 Å². The third kappa shape index (κ3) is 6.07. The van der Waals surface area contributed by atoms with Crippen LogP contribution in [0.25, 0.3) is 22.7 Å². The number of hydrogen-bond donors (Lipinski definition) is 1. The molecular weight excluding hydrogens is 528 g/mol. The van der Waals surface area contributed by atoms with Crippen LogP contribution in [-0.2, 0) is 0 Å². The number of pyridine rings is 1. The van der Waals surface area contributed by atoms with Crippen molar-refractivity contribution in [3.05, 3.63) is 95.3 Å². The van der Waals surface area contributed by atoms with E-state index >= 15 is 0 Å². The third-order valence-corrected chi connectivity index (χ3v) is 8.97. The zero-order valence-corrected chi connectivity index (χ0v) is 25.0. The molecule has 1 aliphatic carbocycles. The van der Waals surface area contributed by atoms with Gasteiger partial charge in [0.15, 0.2) is 0 Å². The summed E-state index contributed by atoms with van der Waals surface area (Å²) >= 11 is 6.22. The predicted molar refractivity (Wildman–Crippen MR) is 172 cm³/mol. The molecule has 0 radical (unpaired) electrons. The second kappa shape index (κ2) is 11.4. The first kappa shape index (κ1) is 27.6. The van der Waals surface area contributed by atoms with E-state index in [0.717, 1.165) is 72.1 Å². The summed E-state index contributed by atoms with van der Waals surface area (Å²) in [5.41, 5.74) is 7.75. The van der Waals surface area contributed by atoms with E-state index in [9.17, 15) is 0 Å². The topological polar surface area (TPSA) is 44.4 Å². The van der Waals surface area contributed by atoms with Gasteiger partial charge in [-0.1, -0.05) is 55.8 Å². The van der Waals surface area contributed by atoms with Gasteiger partial charge in [-0.05, 0) is 79.1 Å². The minimum absolute atomic E-state index is 0.323. The van der Waals surface area contributed by atoms with Gasteiger partial charge in [0.1, 0.15) is 17.1 Å². The number of nitrogens with zero attached hydrogens (tertiary/aromatic N) is 3. The van der Waals surface area contributed by atoms with Crippen LogP contribution in [0.2, 0.25) is 5.02 Å². The smallest absolute Gasteiger partial charge is 0.146 e. The molecule has 2 aromatic heterocycles. The first-order chi connectivity index (χ1) is 19.8. The second-order valence-corrected chi connectivity index (χ2v) is 12.7. The fraction of sp³-hybridized carbons (Fsp3) is 0.343. The Morgan fingerprint density at radius 1 is 1.12 bits per heavy atom.